The largest absolute Gasteiger partial charge is 0.394 e. The zero-order valence-electron chi connectivity index (χ0n) is 14.9. The highest BCUT2D eigenvalue weighted by Gasteiger charge is 2.19. The topological polar surface area (TPSA) is 64.6 Å². The Hall–Kier alpha value is -1.59. The van der Waals surface area contributed by atoms with Crippen molar-refractivity contribution in [2.75, 3.05) is 26.7 Å². The maximum absolute atomic E-state index is 12.1. The third-order valence-electron chi connectivity index (χ3n) is 4.98. The summed E-state index contributed by atoms with van der Waals surface area (Å²) in [6.07, 6.45) is 6.15. The number of nitrogens with one attached hydrogen (secondary N) is 2. The highest BCUT2D eigenvalue weighted by molar-refractivity contribution is 5.74. The molecule has 5 heteroatoms. The van der Waals surface area contributed by atoms with E-state index in [0.717, 1.165) is 18.5 Å². The number of aryl methyl sites for hydroxylation is 1. The molecule has 0 saturated heterocycles. The number of amides is 2. The lowest BCUT2D eigenvalue weighted by molar-refractivity contribution is 0.211. The maximum Gasteiger partial charge on any atom is 0.315 e. The monoisotopic (exact) mass is 333 g/mol. The number of urea groups is 1. The first-order chi connectivity index (χ1) is 11.6. The van der Waals surface area contributed by atoms with E-state index in [4.69, 9.17) is 0 Å². The van der Waals surface area contributed by atoms with E-state index in [1.54, 1.807) is 0 Å². The molecule has 134 valence electrons. The van der Waals surface area contributed by atoms with E-state index in [0.29, 0.717) is 12.6 Å². The van der Waals surface area contributed by atoms with Crippen molar-refractivity contribution in [2.45, 2.75) is 51.1 Å². The zero-order chi connectivity index (χ0) is 17.4. The minimum atomic E-state index is -0.372. The third-order valence-corrected chi connectivity index (χ3v) is 4.98. The molecule has 1 aliphatic rings. The number of aliphatic hydroxyl groups excluding tert-OH is 1. The molecule has 1 aromatic rings. The lowest BCUT2D eigenvalue weighted by Crippen LogP contribution is -2.43. The Balaban J connectivity index is 1.74. The van der Waals surface area contributed by atoms with Crippen LogP contribution in [0.4, 0.5) is 4.79 Å². The Bertz CT molecular complexity index is 498. The van der Waals surface area contributed by atoms with Crippen LogP contribution in [0.3, 0.4) is 0 Å². The van der Waals surface area contributed by atoms with Gasteiger partial charge in [0, 0.05) is 19.1 Å². The van der Waals surface area contributed by atoms with E-state index in [2.05, 4.69) is 29.5 Å². The van der Waals surface area contributed by atoms with Crippen molar-refractivity contribution in [3.05, 3.63) is 35.4 Å². The number of rotatable bonds is 8. The third kappa shape index (κ3) is 5.49. The first-order valence-corrected chi connectivity index (χ1v) is 9.08. The van der Waals surface area contributed by atoms with E-state index in [1.807, 2.05) is 24.3 Å². The predicted molar refractivity (Wildman–Crippen MR) is 97.1 cm³/mol. The van der Waals surface area contributed by atoms with E-state index in [9.17, 15) is 9.90 Å². The molecule has 0 bridgehead atoms. The average molecular weight is 333 g/mol. The minimum Gasteiger partial charge on any atom is -0.394 e. The van der Waals surface area contributed by atoms with E-state index in [-0.39, 0.29) is 18.7 Å². The van der Waals surface area contributed by atoms with Crippen LogP contribution < -0.4 is 10.6 Å². The van der Waals surface area contributed by atoms with E-state index >= 15 is 0 Å². The second kappa shape index (κ2) is 9.64. The van der Waals surface area contributed by atoms with Crippen LogP contribution in [-0.2, 0) is 6.42 Å². The van der Waals surface area contributed by atoms with Gasteiger partial charge in [0.25, 0.3) is 0 Å². The second-order valence-electron chi connectivity index (χ2n) is 6.65. The summed E-state index contributed by atoms with van der Waals surface area (Å²) >= 11 is 0. The first-order valence-electron chi connectivity index (χ1n) is 9.08. The van der Waals surface area contributed by atoms with E-state index < -0.39 is 0 Å². The van der Waals surface area contributed by atoms with E-state index in [1.165, 1.54) is 31.2 Å². The average Bonchev–Trinajstić information content (AvgIpc) is 3.14. The van der Waals surface area contributed by atoms with Crippen molar-refractivity contribution >= 4 is 6.03 Å². The Morgan fingerprint density at radius 1 is 1.29 bits per heavy atom. The number of nitrogens with zero attached hydrogens (tertiary/aromatic N) is 1. The normalized spacial score (nSPS) is 16.3. The van der Waals surface area contributed by atoms with Gasteiger partial charge in [0.1, 0.15) is 0 Å². The van der Waals surface area contributed by atoms with Crippen LogP contribution in [0.5, 0.6) is 0 Å². The van der Waals surface area contributed by atoms with Gasteiger partial charge in [-0.05, 0) is 37.4 Å². The summed E-state index contributed by atoms with van der Waals surface area (Å²) in [6.45, 7) is 3.46. The minimum absolute atomic E-state index is 0.110. The summed E-state index contributed by atoms with van der Waals surface area (Å²) in [5.41, 5.74) is 2.17. The molecule has 0 heterocycles. The summed E-state index contributed by atoms with van der Waals surface area (Å²) in [6, 6.07) is 8.07. The zero-order valence-corrected chi connectivity index (χ0v) is 14.9. The molecule has 1 atom stereocenters. The number of hydrogen-bond acceptors (Lipinski definition) is 3. The molecule has 0 radical (unpaired) electrons. The SMILES string of the molecule is CCc1ccc(C(CO)NC(=O)NCCN(C)C2CCCC2)cc1. The van der Waals surface area contributed by atoms with Crippen LogP contribution in [0, 0.1) is 0 Å². The van der Waals surface area contributed by atoms with Crippen LogP contribution in [0.15, 0.2) is 24.3 Å². The number of carbonyl (C=O) groups excluding carboxylic acids is 1. The molecule has 2 amide bonds. The van der Waals surface area contributed by atoms with Crippen molar-refractivity contribution in [1.82, 2.24) is 15.5 Å². The molecule has 3 N–H and O–H groups in total. The molecular weight excluding hydrogens is 302 g/mol. The Kier molecular flexibility index (Phi) is 7.53. The standard InChI is InChI=1S/C19H31N3O2/c1-3-15-8-10-16(11-9-15)18(14-23)21-19(24)20-12-13-22(2)17-6-4-5-7-17/h8-11,17-18,23H,3-7,12-14H2,1-2H3,(H2,20,21,24). The van der Waals surface area contributed by atoms with Gasteiger partial charge >= 0.3 is 6.03 Å². The van der Waals surface area contributed by atoms with Crippen molar-refractivity contribution in [3.8, 4) is 0 Å². The molecule has 1 aromatic carbocycles. The molecule has 0 aromatic heterocycles. The molecule has 2 rings (SSSR count). The Morgan fingerprint density at radius 2 is 1.96 bits per heavy atom. The van der Waals surface area contributed by atoms with Crippen LogP contribution in [0.2, 0.25) is 0 Å². The number of aliphatic hydroxyl groups is 1. The summed E-state index contributed by atoms with van der Waals surface area (Å²) in [4.78, 5) is 14.4. The van der Waals surface area contributed by atoms with Gasteiger partial charge in [-0.3, -0.25) is 0 Å². The van der Waals surface area contributed by atoms with Gasteiger partial charge < -0.3 is 20.6 Å². The molecule has 1 saturated carbocycles. The molecule has 24 heavy (non-hydrogen) atoms. The number of carbonyl (C=O) groups is 1. The van der Waals surface area contributed by atoms with Gasteiger partial charge in [0.15, 0.2) is 0 Å². The second-order valence-corrected chi connectivity index (χ2v) is 6.65. The van der Waals surface area contributed by atoms with Gasteiger partial charge in [0.2, 0.25) is 0 Å². The molecule has 1 unspecified atom stereocenters. The van der Waals surface area contributed by atoms with Crippen LogP contribution >= 0.6 is 0 Å². The first kappa shape index (κ1) is 18.7. The van der Waals surface area contributed by atoms with Crippen LogP contribution in [0.1, 0.15) is 49.8 Å². The van der Waals surface area contributed by atoms with Crippen molar-refractivity contribution in [1.29, 1.82) is 0 Å². The molecule has 0 aliphatic heterocycles. The number of benzene rings is 1. The van der Waals surface area contributed by atoms with Crippen molar-refractivity contribution < 1.29 is 9.90 Å². The van der Waals surface area contributed by atoms with Gasteiger partial charge in [0.05, 0.1) is 12.6 Å². The fourth-order valence-electron chi connectivity index (χ4n) is 3.30. The van der Waals surface area contributed by atoms with Gasteiger partial charge in [-0.1, -0.05) is 44.0 Å². The van der Waals surface area contributed by atoms with Crippen LogP contribution in [0.25, 0.3) is 0 Å². The molecule has 0 spiro atoms. The predicted octanol–water partition coefficient (Wildman–Crippen LogP) is 2.46. The lowest BCUT2D eigenvalue weighted by Gasteiger charge is -2.24. The molecule has 5 nitrogen and oxygen atoms in total. The molecular formula is C19H31N3O2. The quantitative estimate of drug-likeness (QED) is 0.685. The van der Waals surface area contributed by atoms with Crippen molar-refractivity contribution in [2.24, 2.45) is 0 Å². The van der Waals surface area contributed by atoms with Gasteiger partial charge in [-0.2, -0.15) is 0 Å². The smallest absolute Gasteiger partial charge is 0.315 e. The van der Waals surface area contributed by atoms with Crippen molar-refractivity contribution in [3.63, 3.8) is 0 Å². The molecule has 1 fully saturated rings. The summed E-state index contributed by atoms with van der Waals surface area (Å²) in [5.74, 6) is 0. The summed E-state index contributed by atoms with van der Waals surface area (Å²) in [7, 11) is 2.13. The highest BCUT2D eigenvalue weighted by Crippen LogP contribution is 2.21. The summed E-state index contributed by atoms with van der Waals surface area (Å²) in [5, 5.41) is 15.3. The Morgan fingerprint density at radius 3 is 2.54 bits per heavy atom. The van der Waals surface area contributed by atoms with Gasteiger partial charge in [-0.15, -0.1) is 0 Å². The fraction of sp³-hybridized carbons (Fsp3) is 0.632. The number of hydrogen-bond donors (Lipinski definition) is 3. The fourth-order valence-corrected chi connectivity index (χ4v) is 3.30. The van der Waals surface area contributed by atoms with Crippen LogP contribution in [-0.4, -0.2) is 48.8 Å². The highest BCUT2D eigenvalue weighted by atomic mass is 16.3. The summed E-state index contributed by atoms with van der Waals surface area (Å²) < 4.78 is 0. The maximum atomic E-state index is 12.1. The Labute approximate surface area is 145 Å². The van der Waals surface area contributed by atoms with Gasteiger partial charge in [-0.25, -0.2) is 4.79 Å². The number of likely N-dealkylation sites (N-methyl/N-ethyl adjacent to an activating group) is 1. The lowest BCUT2D eigenvalue weighted by atomic mass is 10.0. The molecule has 1 aliphatic carbocycles.